The van der Waals surface area contributed by atoms with Gasteiger partial charge in [0.05, 0.1) is 11.7 Å². The molecule has 12 heteroatoms. The van der Waals surface area contributed by atoms with Gasteiger partial charge in [0.1, 0.15) is 18.4 Å². The third-order valence-corrected chi connectivity index (χ3v) is 5.89. The van der Waals surface area contributed by atoms with E-state index in [9.17, 15) is 14.4 Å². The molecule has 2 aliphatic rings. The van der Waals surface area contributed by atoms with Crippen LogP contribution < -0.4 is 20.1 Å². The Bertz CT molecular complexity index is 1280. The van der Waals surface area contributed by atoms with Gasteiger partial charge in [-0.3, -0.25) is 14.5 Å². The number of hydrogen-bond acceptors (Lipinski definition) is 8. The van der Waals surface area contributed by atoms with Crippen LogP contribution in [0.3, 0.4) is 0 Å². The first-order valence-corrected chi connectivity index (χ1v) is 10.5. The van der Waals surface area contributed by atoms with Gasteiger partial charge in [-0.15, -0.1) is 5.10 Å². The molecular formula is C22H21N7O5. The predicted octanol–water partition coefficient (Wildman–Crippen LogP) is 1.04. The normalized spacial score (nSPS) is 19.8. The Balaban J connectivity index is 1.29. The Kier molecular flexibility index (Phi) is 5.11. The molecule has 4 amide bonds. The minimum atomic E-state index is -1.34. The van der Waals surface area contributed by atoms with Crippen LogP contribution in [0.4, 0.5) is 4.79 Å². The minimum Gasteiger partial charge on any atom is -0.454 e. The van der Waals surface area contributed by atoms with E-state index in [0.29, 0.717) is 22.7 Å². The molecule has 2 N–H and O–H groups in total. The van der Waals surface area contributed by atoms with Gasteiger partial charge in [-0.25, -0.2) is 9.48 Å². The zero-order chi connectivity index (χ0) is 23.9. The number of tetrazole rings is 1. The number of benzene rings is 2. The Morgan fingerprint density at radius 1 is 1.21 bits per heavy atom. The number of amides is 4. The zero-order valence-corrected chi connectivity index (χ0v) is 18.4. The van der Waals surface area contributed by atoms with E-state index in [1.807, 2.05) is 6.07 Å². The summed E-state index contributed by atoms with van der Waals surface area (Å²) in [5.74, 6) is 0.245. The first kappa shape index (κ1) is 21.4. The van der Waals surface area contributed by atoms with E-state index in [2.05, 4.69) is 26.2 Å². The maximum Gasteiger partial charge on any atom is 0.325 e. The predicted molar refractivity (Wildman–Crippen MR) is 116 cm³/mol. The van der Waals surface area contributed by atoms with Gasteiger partial charge in [0.2, 0.25) is 12.7 Å². The molecular weight excluding hydrogens is 442 g/mol. The lowest BCUT2D eigenvalue weighted by Crippen LogP contribution is -2.43. The highest BCUT2D eigenvalue weighted by atomic mass is 16.7. The minimum absolute atomic E-state index is 0.156. The van der Waals surface area contributed by atoms with E-state index in [1.54, 1.807) is 50.2 Å². The SMILES string of the molecule is C[C@@H](NC(=O)CN1C(=O)N[C@](C)(c2cccc(-n3cnnn3)c2)C1=O)c1ccc2c(c1)OCO2. The maximum atomic E-state index is 13.2. The van der Waals surface area contributed by atoms with Crippen LogP contribution in [0.5, 0.6) is 11.5 Å². The Morgan fingerprint density at radius 3 is 2.82 bits per heavy atom. The average Bonchev–Trinajstić information content (AvgIpc) is 3.57. The zero-order valence-electron chi connectivity index (χ0n) is 18.4. The summed E-state index contributed by atoms with van der Waals surface area (Å²) in [7, 11) is 0. The molecule has 34 heavy (non-hydrogen) atoms. The van der Waals surface area contributed by atoms with Crippen LogP contribution >= 0.6 is 0 Å². The molecule has 1 saturated heterocycles. The quantitative estimate of drug-likeness (QED) is 0.517. The fourth-order valence-electron chi connectivity index (χ4n) is 3.97. The molecule has 3 heterocycles. The summed E-state index contributed by atoms with van der Waals surface area (Å²) in [4.78, 5) is 39.5. The number of fused-ring (bicyclic) bond motifs is 1. The number of carbonyl (C=O) groups is 3. The van der Waals surface area contributed by atoms with Crippen LogP contribution in [0.25, 0.3) is 5.69 Å². The second kappa shape index (κ2) is 8.14. The molecule has 5 rings (SSSR count). The van der Waals surface area contributed by atoms with Crippen molar-refractivity contribution in [2.45, 2.75) is 25.4 Å². The molecule has 0 unspecified atom stereocenters. The van der Waals surface area contributed by atoms with Crippen LogP contribution in [-0.2, 0) is 15.1 Å². The number of rotatable bonds is 6. The van der Waals surface area contributed by atoms with Gasteiger partial charge < -0.3 is 20.1 Å². The second-order valence-electron chi connectivity index (χ2n) is 8.15. The van der Waals surface area contributed by atoms with Crippen LogP contribution in [0, 0.1) is 0 Å². The lowest BCUT2D eigenvalue weighted by atomic mass is 9.91. The van der Waals surface area contributed by atoms with Gasteiger partial charge in [-0.05, 0) is 59.7 Å². The summed E-state index contributed by atoms with van der Waals surface area (Å²) in [6.45, 7) is 3.14. The van der Waals surface area contributed by atoms with Gasteiger partial charge in [0, 0.05) is 0 Å². The molecule has 0 radical (unpaired) electrons. The van der Waals surface area contributed by atoms with Gasteiger partial charge in [-0.2, -0.15) is 0 Å². The number of ether oxygens (including phenoxy) is 2. The lowest BCUT2D eigenvalue weighted by Gasteiger charge is -2.23. The smallest absolute Gasteiger partial charge is 0.325 e. The summed E-state index contributed by atoms with van der Waals surface area (Å²) in [5, 5.41) is 16.6. The van der Waals surface area contributed by atoms with Crippen molar-refractivity contribution in [2.75, 3.05) is 13.3 Å². The summed E-state index contributed by atoms with van der Waals surface area (Å²) in [6, 6.07) is 11.3. The van der Waals surface area contributed by atoms with E-state index in [1.165, 1.54) is 11.0 Å². The Morgan fingerprint density at radius 2 is 2.03 bits per heavy atom. The summed E-state index contributed by atoms with van der Waals surface area (Å²) < 4.78 is 12.1. The third-order valence-electron chi connectivity index (χ3n) is 5.89. The lowest BCUT2D eigenvalue weighted by molar-refractivity contribution is -0.135. The van der Waals surface area contributed by atoms with Crippen molar-refractivity contribution in [1.29, 1.82) is 0 Å². The molecule has 0 spiro atoms. The number of urea groups is 1. The molecule has 1 aromatic heterocycles. The van der Waals surface area contributed by atoms with Gasteiger partial charge in [0.25, 0.3) is 5.91 Å². The fraction of sp³-hybridized carbons (Fsp3) is 0.273. The number of imide groups is 1. The van der Waals surface area contributed by atoms with Crippen molar-refractivity contribution < 1.29 is 23.9 Å². The summed E-state index contributed by atoms with van der Waals surface area (Å²) >= 11 is 0. The van der Waals surface area contributed by atoms with Crippen LogP contribution in [-0.4, -0.2) is 56.3 Å². The molecule has 0 saturated carbocycles. The van der Waals surface area contributed by atoms with Gasteiger partial charge in [-0.1, -0.05) is 18.2 Å². The Labute approximate surface area is 193 Å². The molecule has 0 bridgehead atoms. The van der Waals surface area contributed by atoms with E-state index < -0.39 is 29.9 Å². The first-order chi connectivity index (χ1) is 16.3. The Hall–Kier alpha value is -4.48. The summed E-state index contributed by atoms with van der Waals surface area (Å²) in [6.07, 6.45) is 1.43. The number of carbonyl (C=O) groups excluding carboxylic acids is 3. The van der Waals surface area contributed by atoms with Crippen molar-refractivity contribution in [3.8, 4) is 17.2 Å². The number of aromatic nitrogens is 4. The molecule has 0 aliphatic carbocycles. The van der Waals surface area contributed by atoms with Crippen LogP contribution in [0.15, 0.2) is 48.8 Å². The van der Waals surface area contributed by atoms with Crippen molar-refractivity contribution in [2.24, 2.45) is 0 Å². The molecule has 174 valence electrons. The average molecular weight is 463 g/mol. The van der Waals surface area contributed by atoms with Crippen molar-refractivity contribution in [3.05, 3.63) is 59.9 Å². The number of nitrogens with one attached hydrogen (secondary N) is 2. The number of nitrogens with zero attached hydrogens (tertiary/aromatic N) is 5. The third kappa shape index (κ3) is 3.68. The van der Waals surface area contributed by atoms with Crippen molar-refractivity contribution in [1.82, 2.24) is 35.7 Å². The van der Waals surface area contributed by atoms with Crippen molar-refractivity contribution in [3.63, 3.8) is 0 Å². The van der Waals surface area contributed by atoms with Gasteiger partial charge >= 0.3 is 6.03 Å². The van der Waals surface area contributed by atoms with Gasteiger partial charge in [0.15, 0.2) is 11.5 Å². The highest BCUT2D eigenvalue weighted by Crippen LogP contribution is 2.34. The second-order valence-corrected chi connectivity index (χ2v) is 8.15. The van der Waals surface area contributed by atoms with E-state index >= 15 is 0 Å². The molecule has 1 fully saturated rings. The molecule has 3 aromatic rings. The standard InChI is InChI=1S/C22H21N7O5/c1-13(14-6-7-17-18(8-14)34-12-33-17)24-19(30)10-28-20(31)22(2,25-21(28)32)15-4-3-5-16(9-15)29-11-23-26-27-29/h3-9,11,13H,10,12H2,1-2H3,(H,24,30)(H,25,32)/t13-,22-/m1/s1. The summed E-state index contributed by atoms with van der Waals surface area (Å²) in [5.41, 5.74) is 0.624. The maximum absolute atomic E-state index is 13.2. The highest BCUT2D eigenvalue weighted by Gasteiger charge is 2.49. The van der Waals surface area contributed by atoms with E-state index in [-0.39, 0.29) is 12.8 Å². The largest absolute Gasteiger partial charge is 0.454 e. The van der Waals surface area contributed by atoms with E-state index in [4.69, 9.17) is 9.47 Å². The first-order valence-electron chi connectivity index (χ1n) is 10.5. The van der Waals surface area contributed by atoms with Crippen LogP contribution in [0.1, 0.15) is 31.0 Å². The molecule has 2 atom stereocenters. The van der Waals surface area contributed by atoms with Crippen molar-refractivity contribution >= 4 is 17.8 Å². The monoisotopic (exact) mass is 463 g/mol. The fourth-order valence-corrected chi connectivity index (χ4v) is 3.97. The highest BCUT2D eigenvalue weighted by molar-refractivity contribution is 6.09. The number of hydrogen-bond donors (Lipinski definition) is 2. The topological polar surface area (TPSA) is 141 Å². The molecule has 2 aliphatic heterocycles. The molecule has 2 aromatic carbocycles. The van der Waals surface area contributed by atoms with Crippen LogP contribution in [0.2, 0.25) is 0 Å². The van der Waals surface area contributed by atoms with E-state index in [0.717, 1.165) is 10.5 Å². The molecule has 12 nitrogen and oxygen atoms in total.